The summed E-state index contributed by atoms with van der Waals surface area (Å²) >= 11 is 1.52. The summed E-state index contributed by atoms with van der Waals surface area (Å²) < 4.78 is 5.21. The van der Waals surface area contributed by atoms with Gasteiger partial charge in [-0.1, -0.05) is 11.2 Å². The van der Waals surface area contributed by atoms with Crippen LogP contribution < -0.4 is 10.6 Å². The molecule has 0 unspecified atom stereocenters. The van der Waals surface area contributed by atoms with E-state index in [-0.39, 0.29) is 23.4 Å². The second-order valence-corrected chi connectivity index (χ2v) is 6.80. The van der Waals surface area contributed by atoms with Gasteiger partial charge in [0, 0.05) is 23.4 Å². The van der Waals surface area contributed by atoms with Crippen molar-refractivity contribution in [3.05, 3.63) is 53.5 Å². The molecule has 1 aromatic carbocycles. The third-order valence-electron chi connectivity index (χ3n) is 3.87. The first-order valence-corrected chi connectivity index (χ1v) is 8.80. The lowest BCUT2D eigenvalue weighted by Gasteiger charge is -2.06. The molecule has 1 fully saturated rings. The van der Waals surface area contributed by atoms with E-state index >= 15 is 0 Å². The van der Waals surface area contributed by atoms with Gasteiger partial charge in [-0.3, -0.25) is 9.59 Å². The summed E-state index contributed by atoms with van der Waals surface area (Å²) in [4.78, 5) is 24.9. The molecular formula is C18H15N3O3S. The zero-order chi connectivity index (χ0) is 17.2. The molecule has 0 spiro atoms. The third kappa shape index (κ3) is 3.61. The standard InChI is InChI=1S/C18H15N3O3S/c22-17(11-3-4-11)19-12-5-7-13(8-6-12)20-18(23)14-10-15(24-21-14)16-2-1-9-25-16/h1-2,5-11H,3-4H2,(H,19,22)(H,20,23). The molecule has 0 aliphatic heterocycles. The summed E-state index contributed by atoms with van der Waals surface area (Å²) in [6.45, 7) is 0. The average molecular weight is 353 g/mol. The summed E-state index contributed by atoms with van der Waals surface area (Å²) in [5, 5.41) is 11.4. The van der Waals surface area contributed by atoms with Crippen LogP contribution in [0.5, 0.6) is 0 Å². The molecule has 2 aromatic heterocycles. The van der Waals surface area contributed by atoms with Gasteiger partial charge in [-0.05, 0) is 48.6 Å². The Balaban J connectivity index is 1.39. The zero-order valence-electron chi connectivity index (χ0n) is 13.2. The van der Waals surface area contributed by atoms with Gasteiger partial charge in [-0.25, -0.2) is 0 Å². The molecule has 25 heavy (non-hydrogen) atoms. The molecule has 1 saturated carbocycles. The number of aromatic nitrogens is 1. The van der Waals surface area contributed by atoms with Crippen LogP contribution in [0.15, 0.2) is 52.4 Å². The molecule has 4 rings (SSSR count). The predicted octanol–water partition coefficient (Wildman–Crippen LogP) is 4.00. The minimum Gasteiger partial charge on any atom is -0.355 e. The number of carbonyl (C=O) groups excluding carboxylic acids is 2. The minimum absolute atomic E-state index is 0.0560. The van der Waals surface area contributed by atoms with E-state index in [9.17, 15) is 9.59 Å². The van der Waals surface area contributed by atoms with Gasteiger partial charge in [0.05, 0.1) is 4.88 Å². The van der Waals surface area contributed by atoms with Gasteiger partial charge in [0.2, 0.25) is 5.91 Å². The molecule has 0 atom stereocenters. The van der Waals surface area contributed by atoms with Crippen molar-refractivity contribution in [2.24, 2.45) is 5.92 Å². The Labute approximate surface area is 147 Å². The lowest BCUT2D eigenvalue weighted by molar-refractivity contribution is -0.117. The molecule has 0 saturated heterocycles. The quantitative estimate of drug-likeness (QED) is 0.726. The number of hydrogen-bond donors (Lipinski definition) is 2. The van der Waals surface area contributed by atoms with Crippen molar-refractivity contribution in [1.82, 2.24) is 5.16 Å². The fraction of sp³-hybridized carbons (Fsp3) is 0.167. The lowest BCUT2D eigenvalue weighted by atomic mass is 10.2. The van der Waals surface area contributed by atoms with E-state index in [0.717, 1.165) is 23.4 Å². The Morgan fingerprint density at radius 3 is 2.44 bits per heavy atom. The number of nitrogens with one attached hydrogen (secondary N) is 2. The van der Waals surface area contributed by atoms with Crippen molar-refractivity contribution < 1.29 is 14.1 Å². The van der Waals surface area contributed by atoms with Gasteiger partial charge in [0.15, 0.2) is 11.5 Å². The van der Waals surface area contributed by atoms with Crippen molar-refractivity contribution >= 4 is 34.5 Å². The summed E-state index contributed by atoms with van der Waals surface area (Å²) in [6.07, 6.45) is 1.93. The third-order valence-corrected chi connectivity index (χ3v) is 4.75. The monoisotopic (exact) mass is 353 g/mol. The molecule has 0 radical (unpaired) electrons. The molecule has 7 heteroatoms. The molecule has 1 aliphatic carbocycles. The van der Waals surface area contributed by atoms with Crippen molar-refractivity contribution in [1.29, 1.82) is 0 Å². The number of amides is 2. The van der Waals surface area contributed by atoms with Crippen LogP contribution in [0.3, 0.4) is 0 Å². The van der Waals surface area contributed by atoms with E-state index in [1.807, 2.05) is 17.5 Å². The number of rotatable bonds is 5. The molecule has 2 amide bonds. The number of nitrogens with zero attached hydrogens (tertiary/aromatic N) is 1. The molecule has 0 bridgehead atoms. The fourth-order valence-corrected chi connectivity index (χ4v) is 3.01. The Hall–Kier alpha value is -2.93. The lowest BCUT2D eigenvalue weighted by Crippen LogP contribution is -2.14. The Kier molecular flexibility index (Phi) is 4.07. The number of benzene rings is 1. The van der Waals surface area contributed by atoms with Gasteiger partial charge in [0.25, 0.3) is 5.91 Å². The smallest absolute Gasteiger partial charge is 0.277 e. The number of anilines is 2. The maximum absolute atomic E-state index is 12.3. The second-order valence-electron chi connectivity index (χ2n) is 5.85. The van der Waals surface area contributed by atoms with Crippen molar-refractivity contribution in [2.45, 2.75) is 12.8 Å². The predicted molar refractivity (Wildman–Crippen MR) is 95.6 cm³/mol. The van der Waals surface area contributed by atoms with Gasteiger partial charge >= 0.3 is 0 Å². The first kappa shape index (κ1) is 15.6. The topological polar surface area (TPSA) is 84.2 Å². The summed E-state index contributed by atoms with van der Waals surface area (Å²) in [5.41, 5.74) is 1.56. The highest BCUT2D eigenvalue weighted by Gasteiger charge is 2.29. The van der Waals surface area contributed by atoms with Crippen LogP contribution >= 0.6 is 11.3 Å². The van der Waals surface area contributed by atoms with Crippen LogP contribution in [0.4, 0.5) is 11.4 Å². The van der Waals surface area contributed by atoms with E-state index in [4.69, 9.17) is 4.52 Å². The summed E-state index contributed by atoms with van der Waals surface area (Å²) in [6, 6.07) is 12.4. The van der Waals surface area contributed by atoms with Gasteiger partial charge < -0.3 is 15.2 Å². The van der Waals surface area contributed by atoms with Crippen LogP contribution in [0.2, 0.25) is 0 Å². The van der Waals surface area contributed by atoms with E-state index in [1.54, 1.807) is 30.3 Å². The maximum Gasteiger partial charge on any atom is 0.277 e. The second kappa shape index (κ2) is 6.52. The number of hydrogen-bond acceptors (Lipinski definition) is 5. The van der Waals surface area contributed by atoms with E-state index < -0.39 is 0 Å². The van der Waals surface area contributed by atoms with E-state index in [2.05, 4.69) is 15.8 Å². The molecule has 6 nitrogen and oxygen atoms in total. The zero-order valence-corrected chi connectivity index (χ0v) is 14.0. The van der Waals surface area contributed by atoms with Crippen molar-refractivity contribution in [3.8, 4) is 10.6 Å². The number of carbonyl (C=O) groups is 2. The molecule has 2 heterocycles. The molecule has 126 valence electrons. The van der Waals surface area contributed by atoms with Gasteiger partial charge in [-0.15, -0.1) is 11.3 Å². The van der Waals surface area contributed by atoms with Crippen LogP contribution in [0.25, 0.3) is 10.6 Å². The molecular weight excluding hydrogens is 338 g/mol. The van der Waals surface area contributed by atoms with Crippen LogP contribution in [0.1, 0.15) is 23.3 Å². The molecule has 2 N–H and O–H groups in total. The SMILES string of the molecule is O=C(Nc1ccc(NC(=O)C2CC2)cc1)c1cc(-c2cccs2)on1. The van der Waals surface area contributed by atoms with Crippen LogP contribution in [-0.4, -0.2) is 17.0 Å². The highest BCUT2D eigenvalue weighted by Crippen LogP contribution is 2.30. The summed E-state index contributed by atoms with van der Waals surface area (Å²) in [5.74, 6) is 0.434. The average Bonchev–Trinajstić information content (AvgIpc) is 3.11. The first-order valence-electron chi connectivity index (χ1n) is 7.92. The molecule has 3 aromatic rings. The van der Waals surface area contributed by atoms with Gasteiger partial charge in [-0.2, -0.15) is 0 Å². The Morgan fingerprint density at radius 1 is 1.08 bits per heavy atom. The normalized spacial score (nSPS) is 13.4. The first-order chi connectivity index (χ1) is 12.2. The maximum atomic E-state index is 12.3. The molecule has 1 aliphatic rings. The van der Waals surface area contributed by atoms with E-state index in [1.165, 1.54) is 11.3 Å². The Bertz CT molecular complexity index is 896. The minimum atomic E-state index is -0.346. The highest BCUT2D eigenvalue weighted by atomic mass is 32.1. The van der Waals surface area contributed by atoms with Gasteiger partial charge in [0.1, 0.15) is 0 Å². The van der Waals surface area contributed by atoms with Crippen molar-refractivity contribution in [3.63, 3.8) is 0 Å². The fourth-order valence-electron chi connectivity index (χ4n) is 2.34. The van der Waals surface area contributed by atoms with E-state index in [0.29, 0.717) is 11.4 Å². The summed E-state index contributed by atoms with van der Waals surface area (Å²) in [7, 11) is 0. The van der Waals surface area contributed by atoms with Crippen LogP contribution in [-0.2, 0) is 4.79 Å². The largest absolute Gasteiger partial charge is 0.355 e. The Morgan fingerprint density at radius 2 is 1.80 bits per heavy atom. The van der Waals surface area contributed by atoms with Crippen LogP contribution in [0, 0.1) is 5.92 Å². The highest BCUT2D eigenvalue weighted by molar-refractivity contribution is 7.13. The number of thiophene rings is 1. The van der Waals surface area contributed by atoms with Crippen molar-refractivity contribution in [2.75, 3.05) is 10.6 Å².